The fourth-order valence-corrected chi connectivity index (χ4v) is 6.76. The predicted octanol–water partition coefficient (Wildman–Crippen LogP) is -7.68. The Morgan fingerprint density at radius 1 is 0.600 bits per heavy atom. The number of hydrogen-bond acceptors (Lipinski definition) is 19. The molecule has 0 spiro atoms. The molecule has 45 heavy (non-hydrogen) atoms. The van der Waals surface area contributed by atoms with E-state index in [0.29, 0.717) is 0 Å². The normalized spacial score (nSPS) is 55.8. The molecule has 0 bridgehead atoms. The van der Waals surface area contributed by atoms with Crippen LogP contribution in [0.1, 0.15) is 19.8 Å². The first kappa shape index (κ1) is 35.5. The van der Waals surface area contributed by atoms with Crippen LogP contribution in [-0.2, 0) is 33.2 Å². The van der Waals surface area contributed by atoms with Crippen molar-refractivity contribution in [3.05, 3.63) is 0 Å². The monoisotopic (exact) mass is 655 g/mol. The van der Waals surface area contributed by atoms with Gasteiger partial charge in [-0.3, -0.25) is 0 Å². The van der Waals surface area contributed by atoms with Crippen molar-refractivity contribution in [3.8, 4) is 0 Å². The number of nitrogens with two attached hydrogens (primary N) is 5. The van der Waals surface area contributed by atoms with Gasteiger partial charge in [-0.25, -0.2) is 0 Å². The van der Waals surface area contributed by atoms with Crippen molar-refractivity contribution in [3.63, 3.8) is 0 Å². The zero-order valence-corrected chi connectivity index (χ0v) is 24.8. The quantitative estimate of drug-likeness (QED) is 0.115. The lowest BCUT2D eigenvalue weighted by Crippen LogP contribution is -2.70. The molecule has 0 amide bonds. The smallest absolute Gasteiger partial charge is 0.187 e. The minimum atomic E-state index is -1.60. The summed E-state index contributed by atoms with van der Waals surface area (Å²) in [6.07, 6.45) is -20.1. The lowest BCUT2D eigenvalue weighted by Gasteiger charge is -2.50. The molecule has 5 fully saturated rings. The fourth-order valence-electron chi connectivity index (χ4n) is 6.76. The van der Waals surface area contributed by atoms with Crippen molar-refractivity contribution in [1.29, 1.82) is 0 Å². The molecule has 262 valence electrons. The van der Waals surface area contributed by atoms with Crippen molar-refractivity contribution in [1.82, 2.24) is 0 Å². The zero-order chi connectivity index (χ0) is 32.9. The number of hydrogen-bond donors (Lipinski definition) is 12. The third-order valence-electron chi connectivity index (χ3n) is 9.39. The van der Waals surface area contributed by atoms with Gasteiger partial charge in [-0.1, -0.05) is 0 Å². The van der Waals surface area contributed by atoms with E-state index >= 15 is 0 Å². The van der Waals surface area contributed by atoms with Gasteiger partial charge in [0, 0.05) is 25.0 Å². The second-order valence-corrected chi connectivity index (χ2v) is 12.7. The van der Waals surface area contributed by atoms with Crippen LogP contribution in [0.3, 0.4) is 0 Å². The molecule has 17 N–H and O–H groups in total. The molecule has 4 saturated heterocycles. The molecule has 19 heteroatoms. The summed E-state index contributed by atoms with van der Waals surface area (Å²) < 4.78 is 41.0. The first-order valence-corrected chi connectivity index (χ1v) is 15.3. The van der Waals surface area contributed by atoms with E-state index in [-0.39, 0.29) is 25.5 Å². The van der Waals surface area contributed by atoms with E-state index in [1.54, 1.807) is 6.92 Å². The number of aliphatic hydroxyl groups is 7. The fraction of sp³-hybridized carbons (Fsp3) is 1.00. The summed E-state index contributed by atoms with van der Waals surface area (Å²) >= 11 is 0. The Balaban J connectivity index is 1.30. The van der Waals surface area contributed by atoms with E-state index in [2.05, 4.69) is 0 Å². The summed E-state index contributed by atoms with van der Waals surface area (Å²) in [5, 5.41) is 74.3. The van der Waals surface area contributed by atoms with Crippen LogP contribution in [0.4, 0.5) is 0 Å². The summed E-state index contributed by atoms with van der Waals surface area (Å²) in [4.78, 5) is 0. The molecule has 0 aromatic carbocycles. The van der Waals surface area contributed by atoms with Crippen LogP contribution >= 0.6 is 0 Å². The van der Waals surface area contributed by atoms with Crippen LogP contribution < -0.4 is 28.7 Å². The highest BCUT2D eigenvalue weighted by molar-refractivity contribution is 5.03. The number of rotatable bonds is 8. The molecule has 19 nitrogen and oxygen atoms in total. The molecule has 5 rings (SSSR count). The molecule has 5 aliphatic rings. The number of aliphatic hydroxyl groups excluding tert-OH is 7. The molecule has 4 aliphatic heterocycles. The van der Waals surface area contributed by atoms with Crippen LogP contribution in [0.5, 0.6) is 0 Å². The maximum absolute atomic E-state index is 11.2. The molecule has 0 aromatic heterocycles. The summed E-state index contributed by atoms with van der Waals surface area (Å²) in [6, 6.07) is -4.10. The van der Waals surface area contributed by atoms with E-state index in [0.717, 1.165) is 0 Å². The molecule has 1 aliphatic carbocycles. The largest absolute Gasteiger partial charge is 0.394 e. The summed E-state index contributed by atoms with van der Waals surface area (Å²) in [5.41, 5.74) is 30.4. The Hall–Kier alpha value is -0.760. The van der Waals surface area contributed by atoms with Gasteiger partial charge < -0.3 is 97.6 Å². The summed E-state index contributed by atoms with van der Waals surface area (Å²) in [5.74, 6) is 0. The Kier molecular flexibility index (Phi) is 11.4. The second kappa shape index (κ2) is 14.4. The summed E-state index contributed by atoms with van der Waals surface area (Å²) in [7, 11) is 0. The molecular weight excluding hydrogens is 606 g/mol. The minimum Gasteiger partial charge on any atom is -0.394 e. The highest BCUT2D eigenvalue weighted by atomic mass is 16.8. The van der Waals surface area contributed by atoms with E-state index in [1.165, 1.54) is 0 Å². The van der Waals surface area contributed by atoms with Crippen molar-refractivity contribution < 1.29 is 68.9 Å². The Labute approximate surface area is 259 Å². The molecule has 21 atom stereocenters. The highest BCUT2D eigenvalue weighted by Crippen LogP contribution is 2.36. The predicted molar refractivity (Wildman–Crippen MR) is 148 cm³/mol. The van der Waals surface area contributed by atoms with Crippen LogP contribution in [0, 0.1) is 0 Å². The molecule has 1 saturated carbocycles. The minimum absolute atomic E-state index is 0.0952. The molecule has 4 heterocycles. The van der Waals surface area contributed by atoms with E-state index in [9.17, 15) is 35.7 Å². The van der Waals surface area contributed by atoms with Crippen molar-refractivity contribution in [2.45, 2.75) is 148 Å². The standard InChI is InChI=1S/C26H49N5O14/c1-6-2-9(33)20-23(39-6)17(37)13(31)25(43-20)42-19-8(29)3-7(28)14(34)22(19)45-26-18(38)21(11(5-32)41-26)44-24-12(30)16(36)15(35)10(4-27)40-24/h6-26,32-38H,2-5,27-31H2,1H3/t6-,7-,8+,9-,10+,11-,12-,13-,14+,15-,16-,17-,18-,19-,20-,21-,22-,23+,24-,25+,26+/m1/s1. The van der Waals surface area contributed by atoms with Crippen molar-refractivity contribution >= 4 is 0 Å². The molecule has 0 radical (unpaired) electrons. The molecule has 0 aromatic rings. The van der Waals surface area contributed by atoms with Crippen LogP contribution in [0.2, 0.25) is 0 Å². The van der Waals surface area contributed by atoms with Crippen LogP contribution in [-0.4, -0.2) is 177 Å². The molecular formula is C26H49N5O14. The van der Waals surface area contributed by atoms with Gasteiger partial charge >= 0.3 is 0 Å². The Morgan fingerprint density at radius 2 is 1.20 bits per heavy atom. The Bertz CT molecular complexity index is 977. The average molecular weight is 656 g/mol. The van der Waals surface area contributed by atoms with Gasteiger partial charge in [0.1, 0.15) is 67.1 Å². The van der Waals surface area contributed by atoms with Crippen LogP contribution in [0.15, 0.2) is 0 Å². The van der Waals surface area contributed by atoms with Crippen LogP contribution in [0.25, 0.3) is 0 Å². The van der Waals surface area contributed by atoms with E-state index in [4.69, 9.17) is 61.8 Å². The first-order chi connectivity index (χ1) is 21.3. The third kappa shape index (κ3) is 6.90. The molecule has 0 unspecified atom stereocenters. The van der Waals surface area contributed by atoms with Gasteiger partial charge in [0.05, 0.1) is 37.0 Å². The van der Waals surface area contributed by atoms with Crippen molar-refractivity contribution in [2.75, 3.05) is 13.2 Å². The van der Waals surface area contributed by atoms with Gasteiger partial charge in [0.15, 0.2) is 18.9 Å². The van der Waals surface area contributed by atoms with E-state index in [1.807, 2.05) is 0 Å². The van der Waals surface area contributed by atoms with Gasteiger partial charge in [0.25, 0.3) is 0 Å². The number of fused-ring (bicyclic) bond motifs is 1. The van der Waals surface area contributed by atoms with Gasteiger partial charge in [-0.05, 0) is 13.3 Å². The highest BCUT2D eigenvalue weighted by Gasteiger charge is 2.55. The average Bonchev–Trinajstić information content (AvgIpc) is 3.30. The zero-order valence-electron chi connectivity index (χ0n) is 24.8. The third-order valence-corrected chi connectivity index (χ3v) is 9.39. The lowest BCUT2D eigenvalue weighted by atomic mass is 9.84. The van der Waals surface area contributed by atoms with Gasteiger partial charge in [0.2, 0.25) is 0 Å². The van der Waals surface area contributed by atoms with Gasteiger partial charge in [-0.15, -0.1) is 0 Å². The maximum atomic E-state index is 11.2. The van der Waals surface area contributed by atoms with Crippen molar-refractivity contribution in [2.24, 2.45) is 28.7 Å². The topological polar surface area (TPSA) is 336 Å². The first-order valence-electron chi connectivity index (χ1n) is 15.3. The number of ether oxygens (including phenoxy) is 7. The SMILES string of the molecule is C[C@@H]1C[C@@H](O)[C@H]2O[C@H](O[C@H]3[C@H](O[C@@H]4O[C@H](CO)[C@@H](O[C@H]5O[C@@H](CN)[C@@H](O)[C@H](O)[C@H]5N)[C@H]4O)[C@@H](O)[C@H](N)C[C@@H]3N)[C@H](N)[C@@H](O)[C@@H]2O1. The van der Waals surface area contributed by atoms with E-state index < -0.39 is 129 Å². The second-order valence-electron chi connectivity index (χ2n) is 12.7. The lowest BCUT2D eigenvalue weighted by molar-refractivity contribution is -0.333. The Morgan fingerprint density at radius 3 is 1.87 bits per heavy atom. The van der Waals surface area contributed by atoms with Gasteiger partial charge in [-0.2, -0.15) is 0 Å². The summed E-state index contributed by atoms with van der Waals surface area (Å²) in [6.45, 7) is 0.948. The maximum Gasteiger partial charge on any atom is 0.187 e.